The van der Waals surface area contributed by atoms with Gasteiger partial charge in [0.2, 0.25) is 0 Å². The lowest BCUT2D eigenvalue weighted by Crippen LogP contribution is -2.16. The first-order valence-corrected chi connectivity index (χ1v) is 5.93. The van der Waals surface area contributed by atoms with E-state index in [9.17, 15) is 10.2 Å². The minimum Gasteiger partial charge on any atom is -0.508 e. The number of hydrogen-bond donors (Lipinski definition) is 3. The predicted octanol–water partition coefficient (Wildman–Crippen LogP) is 2.31. The average Bonchev–Trinajstić information content (AvgIpc) is 2.40. The molecule has 0 aliphatic rings. The van der Waals surface area contributed by atoms with Gasteiger partial charge in [0, 0.05) is 6.54 Å². The topological polar surface area (TPSA) is 52.5 Å². The van der Waals surface area contributed by atoms with E-state index >= 15 is 0 Å². The van der Waals surface area contributed by atoms with Gasteiger partial charge in [-0.05, 0) is 35.9 Å². The number of nitrogens with one attached hydrogen (secondary N) is 1. The van der Waals surface area contributed by atoms with Crippen LogP contribution in [0.2, 0.25) is 0 Å². The Morgan fingerprint density at radius 2 is 1.44 bits per heavy atom. The molecule has 0 heterocycles. The van der Waals surface area contributed by atoms with Crippen molar-refractivity contribution in [3.8, 4) is 16.9 Å². The minimum absolute atomic E-state index is 0.264. The molecule has 0 aliphatic carbocycles. The lowest BCUT2D eigenvalue weighted by Gasteiger charge is -2.11. The number of aliphatic hydroxyl groups is 1. The van der Waals surface area contributed by atoms with Crippen LogP contribution in [0.5, 0.6) is 5.75 Å². The molecule has 3 nitrogen and oxygen atoms in total. The molecule has 18 heavy (non-hydrogen) atoms. The summed E-state index contributed by atoms with van der Waals surface area (Å²) in [6.45, 7) is 0.540. The Labute approximate surface area is 107 Å². The summed E-state index contributed by atoms with van der Waals surface area (Å²) >= 11 is 0. The summed E-state index contributed by atoms with van der Waals surface area (Å²) in [5.41, 5.74) is 3.00. The van der Waals surface area contributed by atoms with E-state index in [0.29, 0.717) is 6.54 Å². The summed E-state index contributed by atoms with van der Waals surface area (Å²) in [6.07, 6.45) is -0.483. The number of hydrogen-bond acceptors (Lipinski definition) is 3. The van der Waals surface area contributed by atoms with E-state index in [4.69, 9.17) is 0 Å². The summed E-state index contributed by atoms with van der Waals surface area (Å²) in [5.74, 6) is 0.264. The Morgan fingerprint density at radius 1 is 0.944 bits per heavy atom. The molecular weight excluding hydrogens is 226 g/mol. The van der Waals surface area contributed by atoms with E-state index in [1.807, 2.05) is 43.4 Å². The molecule has 94 valence electrons. The molecule has 0 amide bonds. The van der Waals surface area contributed by atoms with Gasteiger partial charge in [-0.3, -0.25) is 0 Å². The minimum atomic E-state index is -0.483. The van der Waals surface area contributed by atoms with Gasteiger partial charge < -0.3 is 15.5 Å². The van der Waals surface area contributed by atoms with Crippen LogP contribution < -0.4 is 5.32 Å². The zero-order valence-electron chi connectivity index (χ0n) is 10.3. The highest BCUT2D eigenvalue weighted by atomic mass is 16.3. The fourth-order valence-corrected chi connectivity index (χ4v) is 1.86. The Bertz CT molecular complexity index is 491. The molecule has 0 saturated carbocycles. The Hall–Kier alpha value is -1.84. The molecule has 0 fully saturated rings. The fourth-order valence-electron chi connectivity index (χ4n) is 1.86. The number of likely N-dealkylation sites (N-methyl/N-ethyl adjacent to an activating group) is 1. The fraction of sp³-hybridized carbons (Fsp3) is 0.200. The monoisotopic (exact) mass is 243 g/mol. The molecule has 0 aromatic heterocycles. The van der Waals surface area contributed by atoms with Gasteiger partial charge in [0.15, 0.2) is 0 Å². The van der Waals surface area contributed by atoms with Gasteiger partial charge in [-0.15, -0.1) is 0 Å². The SMILES string of the molecule is CNC[C@H](O)c1ccc(-c2ccc(O)cc2)cc1. The molecule has 1 atom stereocenters. The largest absolute Gasteiger partial charge is 0.508 e. The third kappa shape index (κ3) is 2.88. The molecule has 0 radical (unpaired) electrons. The smallest absolute Gasteiger partial charge is 0.115 e. The van der Waals surface area contributed by atoms with E-state index in [2.05, 4.69) is 5.32 Å². The summed E-state index contributed by atoms with van der Waals surface area (Å²) < 4.78 is 0. The van der Waals surface area contributed by atoms with Crippen LogP contribution >= 0.6 is 0 Å². The molecule has 0 spiro atoms. The standard InChI is InChI=1S/C15H17NO2/c1-16-10-15(18)13-4-2-11(3-5-13)12-6-8-14(17)9-7-12/h2-9,15-18H,10H2,1H3/t15-/m0/s1. The zero-order chi connectivity index (χ0) is 13.0. The quantitative estimate of drug-likeness (QED) is 0.772. The Balaban J connectivity index is 2.19. The van der Waals surface area contributed by atoms with Crippen LogP contribution in [0.3, 0.4) is 0 Å². The first-order chi connectivity index (χ1) is 8.70. The summed E-state index contributed by atoms with van der Waals surface area (Å²) in [6, 6.07) is 14.9. The number of aromatic hydroxyl groups is 1. The van der Waals surface area contributed by atoms with E-state index in [0.717, 1.165) is 16.7 Å². The van der Waals surface area contributed by atoms with Crippen LogP contribution in [0.15, 0.2) is 48.5 Å². The second kappa shape index (κ2) is 5.67. The van der Waals surface area contributed by atoms with Crippen molar-refractivity contribution in [3.63, 3.8) is 0 Å². The Kier molecular flexibility index (Phi) is 3.97. The highest BCUT2D eigenvalue weighted by Gasteiger charge is 2.06. The lowest BCUT2D eigenvalue weighted by molar-refractivity contribution is 0.178. The third-order valence-electron chi connectivity index (χ3n) is 2.89. The van der Waals surface area contributed by atoms with Crippen molar-refractivity contribution in [3.05, 3.63) is 54.1 Å². The van der Waals surface area contributed by atoms with Crippen LogP contribution in [-0.4, -0.2) is 23.8 Å². The second-order valence-electron chi connectivity index (χ2n) is 4.24. The zero-order valence-corrected chi connectivity index (χ0v) is 10.3. The molecular formula is C15H17NO2. The van der Waals surface area contributed by atoms with Crippen molar-refractivity contribution in [2.75, 3.05) is 13.6 Å². The van der Waals surface area contributed by atoms with E-state index in [1.165, 1.54) is 0 Å². The molecule has 0 aliphatic heterocycles. The third-order valence-corrected chi connectivity index (χ3v) is 2.89. The van der Waals surface area contributed by atoms with E-state index in [1.54, 1.807) is 12.1 Å². The highest BCUT2D eigenvalue weighted by molar-refractivity contribution is 5.64. The van der Waals surface area contributed by atoms with E-state index in [-0.39, 0.29) is 5.75 Å². The van der Waals surface area contributed by atoms with Crippen LogP contribution in [0.25, 0.3) is 11.1 Å². The van der Waals surface area contributed by atoms with Gasteiger partial charge >= 0.3 is 0 Å². The van der Waals surface area contributed by atoms with Crippen LogP contribution in [-0.2, 0) is 0 Å². The summed E-state index contributed by atoms with van der Waals surface area (Å²) in [5, 5.41) is 22.0. The summed E-state index contributed by atoms with van der Waals surface area (Å²) in [7, 11) is 1.81. The number of phenolic OH excluding ortho intramolecular Hbond substituents is 1. The molecule has 3 heteroatoms. The molecule has 0 bridgehead atoms. The van der Waals surface area contributed by atoms with Crippen LogP contribution in [0.1, 0.15) is 11.7 Å². The van der Waals surface area contributed by atoms with Gasteiger partial charge in [0.1, 0.15) is 5.75 Å². The summed E-state index contributed by atoms with van der Waals surface area (Å²) in [4.78, 5) is 0. The first-order valence-electron chi connectivity index (χ1n) is 5.93. The number of benzene rings is 2. The van der Waals surface area contributed by atoms with Crippen molar-refractivity contribution in [2.24, 2.45) is 0 Å². The van der Waals surface area contributed by atoms with Gasteiger partial charge in [-0.2, -0.15) is 0 Å². The number of aliphatic hydroxyl groups excluding tert-OH is 1. The first kappa shape index (κ1) is 12.6. The van der Waals surface area contributed by atoms with Crippen molar-refractivity contribution >= 4 is 0 Å². The van der Waals surface area contributed by atoms with Gasteiger partial charge in [0.25, 0.3) is 0 Å². The molecule has 2 rings (SSSR count). The second-order valence-corrected chi connectivity index (χ2v) is 4.24. The average molecular weight is 243 g/mol. The number of rotatable bonds is 4. The van der Waals surface area contributed by atoms with Crippen LogP contribution in [0.4, 0.5) is 0 Å². The molecule has 2 aromatic carbocycles. The van der Waals surface area contributed by atoms with Crippen molar-refractivity contribution in [1.82, 2.24) is 5.32 Å². The molecule has 3 N–H and O–H groups in total. The van der Waals surface area contributed by atoms with Gasteiger partial charge in [-0.1, -0.05) is 36.4 Å². The molecule has 0 unspecified atom stereocenters. The predicted molar refractivity (Wildman–Crippen MR) is 72.4 cm³/mol. The maximum absolute atomic E-state index is 9.82. The van der Waals surface area contributed by atoms with Crippen LogP contribution in [0, 0.1) is 0 Å². The van der Waals surface area contributed by atoms with E-state index < -0.39 is 6.10 Å². The molecule has 2 aromatic rings. The van der Waals surface area contributed by atoms with Gasteiger partial charge in [0.05, 0.1) is 6.10 Å². The Morgan fingerprint density at radius 3 is 1.94 bits per heavy atom. The number of phenols is 1. The van der Waals surface area contributed by atoms with Gasteiger partial charge in [-0.25, -0.2) is 0 Å². The lowest BCUT2D eigenvalue weighted by atomic mass is 10.0. The van der Waals surface area contributed by atoms with Crippen molar-refractivity contribution in [2.45, 2.75) is 6.10 Å². The highest BCUT2D eigenvalue weighted by Crippen LogP contribution is 2.23. The van der Waals surface area contributed by atoms with Crippen molar-refractivity contribution < 1.29 is 10.2 Å². The normalized spacial score (nSPS) is 12.3. The maximum Gasteiger partial charge on any atom is 0.115 e. The molecule has 0 saturated heterocycles. The maximum atomic E-state index is 9.82. The van der Waals surface area contributed by atoms with Crippen molar-refractivity contribution in [1.29, 1.82) is 0 Å².